The predicted octanol–water partition coefficient (Wildman–Crippen LogP) is 1.09. The fourth-order valence-electron chi connectivity index (χ4n) is 2.07. The number of hydrogen-bond donors (Lipinski definition) is 1. The Morgan fingerprint density at radius 1 is 1.44 bits per heavy atom. The van der Waals surface area contributed by atoms with E-state index in [1.807, 2.05) is 31.2 Å². The molecule has 1 aliphatic rings. The molecule has 5 heteroatoms. The van der Waals surface area contributed by atoms with Crippen LogP contribution in [0.5, 0.6) is 5.75 Å². The van der Waals surface area contributed by atoms with Gasteiger partial charge in [-0.1, -0.05) is 25.1 Å². The van der Waals surface area contributed by atoms with Crippen molar-refractivity contribution in [3.63, 3.8) is 0 Å². The van der Waals surface area contributed by atoms with Gasteiger partial charge < -0.3 is 4.74 Å². The third-order valence-electron chi connectivity index (χ3n) is 2.92. The number of primary sulfonamides is 1. The molecular weight excluding hydrogens is 226 g/mol. The average molecular weight is 241 g/mol. The topological polar surface area (TPSA) is 69.4 Å². The summed E-state index contributed by atoms with van der Waals surface area (Å²) < 4.78 is 27.9. The van der Waals surface area contributed by atoms with E-state index in [9.17, 15) is 8.42 Å². The lowest BCUT2D eigenvalue weighted by molar-refractivity contribution is 0.212. The summed E-state index contributed by atoms with van der Waals surface area (Å²) in [4.78, 5) is 0. The molecule has 2 unspecified atom stereocenters. The van der Waals surface area contributed by atoms with Gasteiger partial charge in [-0.05, 0) is 17.5 Å². The number of benzene rings is 1. The van der Waals surface area contributed by atoms with Crippen molar-refractivity contribution in [2.24, 2.45) is 11.1 Å². The van der Waals surface area contributed by atoms with Gasteiger partial charge in [-0.3, -0.25) is 0 Å². The summed E-state index contributed by atoms with van der Waals surface area (Å²) in [6.07, 6.45) is 0. The largest absolute Gasteiger partial charge is 0.493 e. The quantitative estimate of drug-likeness (QED) is 0.842. The van der Waals surface area contributed by atoms with Crippen LogP contribution in [0.3, 0.4) is 0 Å². The maximum Gasteiger partial charge on any atom is 0.209 e. The van der Waals surface area contributed by atoms with Crippen LogP contribution in [-0.2, 0) is 10.0 Å². The van der Waals surface area contributed by atoms with E-state index < -0.39 is 10.0 Å². The van der Waals surface area contributed by atoms with E-state index in [1.165, 1.54) is 0 Å². The van der Waals surface area contributed by atoms with Crippen LogP contribution in [-0.4, -0.2) is 20.8 Å². The third-order valence-corrected chi connectivity index (χ3v) is 3.74. The smallest absolute Gasteiger partial charge is 0.209 e. The Hall–Kier alpha value is -1.07. The Morgan fingerprint density at radius 2 is 2.12 bits per heavy atom. The molecule has 0 spiro atoms. The molecule has 0 radical (unpaired) electrons. The van der Waals surface area contributed by atoms with Gasteiger partial charge >= 0.3 is 0 Å². The molecule has 0 bridgehead atoms. The van der Waals surface area contributed by atoms with Gasteiger partial charge in [0.15, 0.2) is 0 Å². The highest BCUT2D eigenvalue weighted by Crippen LogP contribution is 2.37. The van der Waals surface area contributed by atoms with Crippen molar-refractivity contribution in [3.8, 4) is 5.75 Å². The van der Waals surface area contributed by atoms with Crippen molar-refractivity contribution < 1.29 is 13.2 Å². The van der Waals surface area contributed by atoms with Gasteiger partial charge in [-0.15, -0.1) is 0 Å². The molecule has 0 saturated carbocycles. The Kier molecular flexibility index (Phi) is 2.90. The molecule has 88 valence electrons. The van der Waals surface area contributed by atoms with Crippen molar-refractivity contribution in [3.05, 3.63) is 29.8 Å². The number of hydrogen-bond acceptors (Lipinski definition) is 3. The molecule has 4 nitrogen and oxygen atoms in total. The van der Waals surface area contributed by atoms with Crippen LogP contribution >= 0.6 is 0 Å². The van der Waals surface area contributed by atoms with Crippen LogP contribution < -0.4 is 9.88 Å². The first kappa shape index (κ1) is 11.4. The molecule has 2 N–H and O–H groups in total. The van der Waals surface area contributed by atoms with Gasteiger partial charge in [0.05, 0.1) is 12.4 Å². The standard InChI is InChI=1S/C11H15NO3S/c1-8-6-15-11-5-3-2-4-9(11)10(8)7-16(12,13)14/h2-5,8,10H,6-7H2,1H3,(H2,12,13,14). The van der Waals surface area contributed by atoms with Gasteiger partial charge in [0.1, 0.15) is 5.75 Å². The van der Waals surface area contributed by atoms with Crippen molar-refractivity contribution in [2.45, 2.75) is 12.8 Å². The van der Waals surface area contributed by atoms with E-state index in [0.29, 0.717) is 6.61 Å². The maximum atomic E-state index is 11.2. The molecule has 0 saturated heterocycles. The maximum absolute atomic E-state index is 11.2. The number of ether oxygens (including phenoxy) is 1. The molecule has 1 aromatic rings. The summed E-state index contributed by atoms with van der Waals surface area (Å²) in [5.41, 5.74) is 0.940. The van der Waals surface area contributed by atoms with Crippen LogP contribution in [0, 0.1) is 5.92 Å². The summed E-state index contributed by atoms with van der Waals surface area (Å²) in [6, 6.07) is 7.53. The van der Waals surface area contributed by atoms with Crippen LogP contribution in [0.4, 0.5) is 0 Å². The number of para-hydroxylation sites is 1. The van der Waals surface area contributed by atoms with E-state index in [2.05, 4.69) is 0 Å². The zero-order valence-electron chi connectivity index (χ0n) is 9.09. The van der Waals surface area contributed by atoms with E-state index in [4.69, 9.17) is 9.88 Å². The highest BCUT2D eigenvalue weighted by atomic mass is 32.2. The predicted molar refractivity (Wildman–Crippen MR) is 61.8 cm³/mol. The Morgan fingerprint density at radius 3 is 2.81 bits per heavy atom. The lowest BCUT2D eigenvalue weighted by Crippen LogP contribution is -2.31. The highest BCUT2D eigenvalue weighted by Gasteiger charge is 2.30. The molecule has 2 atom stereocenters. The van der Waals surface area contributed by atoms with Gasteiger partial charge in [-0.2, -0.15) is 0 Å². The molecule has 0 fully saturated rings. The van der Waals surface area contributed by atoms with Crippen molar-refractivity contribution in [1.29, 1.82) is 0 Å². The summed E-state index contributed by atoms with van der Waals surface area (Å²) in [7, 11) is -3.45. The molecule has 0 aliphatic carbocycles. The van der Waals surface area contributed by atoms with Gasteiger partial charge in [0.2, 0.25) is 10.0 Å². The first-order valence-electron chi connectivity index (χ1n) is 5.19. The molecule has 16 heavy (non-hydrogen) atoms. The molecule has 1 aliphatic heterocycles. The molecule has 2 rings (SSSR count). The third kappa shape index (κ3) is 2.36. The molecule has 1 aromatic carbocycles. The molecule has 1 heterocycles. The Balaban J connectivity index is 2.37. The average Bonchev–Trinajstić information content (AvgIpc) is 2.21. The van der Waals surface area contributed by atoms with Crippen molar-refractivity contribution >= 4 is 10.0 Å². The van der Waals surface area contributed by atoms with Crippen molar-refractivity contribution in [2.75, 3.05) is 12.4 Å². The second-order valence-corrected chi connectivity index (χ2v) is 5.92. The van der Waals surface area contributed by atoms with Crippen LogP contribution in [0.1, 0.15) is 18.4 Å². The summed E-state index contributed by atoms with van der Waals surface area (Å²) >= 11 is 0. The number of nitrogens with two attached hydrogens (primary N) is 1. The first-order chi connectivity index (χ1) is 7.47. The van der Waals surface area contributed by atoms with E-state index in [1.54, 1.807) is 0 Å². The van der Waals surface area contributed by atoms with Crippen LogP contribution in [0.15, 0.2) is 24.3 Å². The van der Waals surface area contributed by atoms with Crippen molar-refractivity contribution in [1.82, 2.24) is 0 Å². The SMILES string of the molecule is CC1COc2ccccc2C1CS(N)(=O)=O. The van der Waals surface area contributed by atoms with E-state index >= 15 is 0 Å². The van der Waals surface area contributed by atoms with Crippen LogP contribution in [0.25, 0.3) is 0 Å². The normalized spacial score (nSPS) is 24.6. The summed E-state index contributed by atoms with van der Waals surface area (Å²) in [5.74, 6) is 0.844. The number of sulfonamides is 1. The summed E-state index contributed by atoms with van der Waals surface area (Å²) in [5, 5.41) is 5.12. The second kappa shape index (κ2) is 4.07. The Bertz CT molecular complexity index is 484. The van der Waals surface area contributed by atoms with E-state index in [-0.39, 0.29) is 17.6 Å². The second-order valence-electron chi connectivity index (χ2n) is 4.26. The fourth-order valence-corrected chi connectivity index (χ4v) is 3.08. The monoisotopic (exact) mass is 241 g/mol. The van der Waals surface area contributed by atoms with Crippen LogP contribution in [0.2, 0.25) is 0 Å². The molecule has 0 amide bonds. The minimum absolute atomic E-state index is 0.0193. The van der Waals surface area contributed by atoms with E-state index in [0.717, 1.165) is 11.3 Å². The first-order valence-corrected chi connectivity index (χ1v) is 6.91. The summed E-state index contributed by atoms with van der Waals surface area (Å²) in [6.45, 7) is 2.52. The number of fused-ring (bicyclic) bond motifs is 1. The lowest BCUT2D eigenvalue weighted by atomic mass is 9.87. The minimum atomic E-state index is -3.45. The molecular formula is C11H15NO3S. The molecule has 0 aromatic heterocycles. The number of rotatable bonds is 2. The minimum Gasteiger partial charge on any atom is -0.493 e. The zero-order valence-corrected chi connectivity index (χ0v) is 9.91. The zero-order chi connectivity index (χ0) is 11.8. The van der Waals surface area contributed by atoms with Gasteiger partial charge in [0, 0.05) is 5.92 Å². The van der Waals surface area contributed by atoms with Gasteiger partial charge in [0.25, 0.3) is 0 Å². The fraction of sp³-hybridized carbons (Fsp3) is 0.455. The van der Waals surface area contributed by atoms with Gasteiger partial charge in [-0.25, -0.2) is 13.6 Å². The highest BCUT2D eigenvalue weighted by molar-refractivity contribution is 7.89. The lowest BCUT2D eigenvalue weighted by Gasteiger charge is -2.30. The Labute approximate surface area is 95.5 Å².